The van der Waals surface area contributed by atoms with Gasteiger partial charge in [0.2, 0.25) is 6.08 Å². The number of phenolic OH excluding ortho intramolecular Hbond substituents is 1. The van der Waals surface area contributed by atoms with Crippen LogP contribution in [0, 0.1) is 0 Å². The zero-order valence-corrected chi connectivity index (χ0v) is 7.00. The molecule has 0 heterocycles. The molecule has 4 heteroatoms. The van der Waals surface area contributed by atoms with Crippen molar-refractivity contribution in [3.8, 4) is 5.75 Å². The van der Waals surface area contributed by atoms with E-state index in [-0.39, 0.29) is 11.4 Å². The molecule has 0 aliphatic heterocycles. The second-order valence-corrected chi connectivity index (χ2v) is 2.75. The molecule has 0 saturated carbocycles. The first-order chi connectivity index (χ1) is 5.24. The number of aromatic hydroxyl groups is 1. The molecule has 0 aromatic heterocycles. The number of aliphatic imine (C=N–C) groups is 1. The van der Waals surface area contributed by atoms with Crippen LogP contribution in [0.15, 0.2) is 27.7 Å². The molecule has 1 aromatic carbocycles. The van der Waals surface area contributed by atoms with Crippen molar-refractivity contribution < 1.29 is 9.90 Å². The van der Waals surface area contributed by atoms with Gasteiger partial charge in [0, 0.05) is 4.47 Å². The Morgan fingerprint density at radius 3 is 2.91 bits per heavy atom. The maximum Gasteiger partial charge on any atom is 0.240 e. The van der Waals surface area contributed by atoms with Crippen LogP contribution in [0.5, 0.6) is 5.75 Å². The van der Waals surface area contributed by atoms with Gasteiger partial charge in [-0.2, -0.15) is 4.99 Å². The van der Waals surface area contributed by atoms with Crippen molar-refractivity contribution >= 4 is 27.7 Å². The molecular formula is C7H4BrNO2. The summed E-state index contributed by atoms with van der Waals surface area (Å²) in [7, 11) is 0. The SMILES string of the molecule is O=C=Nc1cc(Br)ccc1O. The minimum Gasteiger partial charge on any atom is -0.506 e. The number of hydrogen-bond acceptors (Lipinski definition) is 3. The highest BCUT2D eigenvalue weighted by molar-refractivity contribution is 9.10. The summed E-state index contributed by atoms with van der Waals surface area (Å²) in [5.74, 6) is -0.0310. The number of isocyanates is 1. The van der Waals surface area contributed by atoms with Crippen LogP contribution in [0.25, 0.3) is 0 Å². The van der Waals surface area contributed by atoms with E-state index in [0.29, 0.717) is 0 Å². The molecule has 0 aliphatic carbocycles. The van der Waals surface area contributed by atoms with Gasteiger partial charge >= 0.3 is 0 Å². The lowest BCUT2D eigenvalue weighted by Crippen LogP contribution is -1.68. The average Bonchev–Trinajstić information content (AvgIpc) is 1.98. The highest BCUT2D eigenvalue weighted by atomic mass is 79.9. The first-order valence-corrected chi connectivity index (χ1v) is 3.59. The highest BCUT2D eigenvalue weighted by Gasteiger charge is 1.98. The van der Waals surface area contributed by atoms with E-state index in [4.69, 9.17) is 5.11 Å². The maximum atomic E-state index is 9.82. The molecule has 0 fully saturated rings. The standard InChI is InChI=1S/C7H4BrNO2/c8-5-1-2-7(11)6(3-5)9-4-10/h1-3,11H. The van der Waals surface area contributed by atoms with E-state index in [0.717, 1.165) is 4.47 Å². The lowest BCUT2D eigenvalue weighted by atomic mass is 10.3. The molecule has 1 aromatic rings. The fourth-order valence-corrected chi connectivity index (χ4v) is 0.984. The van der Waals surface area contributed by atoms with Crippen LogP contribution in [-0.4, -0.2) is 11.2 Å². The number of halogens is 1. The van der Waals surface area contributed by atoms with Gasteiger partial charge in [0.1, 0.15) is 11.4 Å². The normalized spacial score (nSPS) is 8.82. The van der Waals surface area contributed by atoms with E-state index in [1.165, 1.54) is 18.2 Å². The first-order valence-electron chi connectivity index (χ1n) is 2.80. The quantitative estimate of drug-likeness (QED) is 0.574. The lowest BCUT2D eigenvalue weighted by molar-refractivity contribution is 0.476. The fourth-order valence-electron chi connectivity index (χ4n) is 0.635. The fraction of sp³-hybridized carbons (Fsp3) is 0. The van der Waals surface area contributed by atoms with Crippen molar-refractivity contribution in [2.75, 3.05) is 0 Å². The van der Waals surface area contributed by atoms with Crippen LogP contribution in [0.3, 0.4) is 0 Å². The van der Waals surface area contributed by atoms with Crippen LogP contribution in [0.4, 0.5) is 5.69 Å². The maximum absolute atomic E-state index is 9.82. The molecule has 0 radical (unpaired) electrons. The third-order valence-corrected chi connectivity index (χ3v) is 1.60. The van der Waals surface area contributed by atoms with Crippen LogP contribution >= 0.6 is 15.9 Å². The summed E-state index contributed by atoms with van der Waals surface area (Å²) in [6.45, 7) is 0. The Bertz CT molecular complexity index is 318. The van der Waals surface area contributed by atoms with Gasteiger partial charge in [-0.1, -0.05) is 15.9 Å². The summed E-state index contributed by atoms with van der Waals surface area (Å²) in [5, 5.41) is 9.07. The molecule has 0 bridgehead atoms. The highest BCUT2D eigenvalue weighted by Crippen LogP contribution is 2.28. The summed E-state index contributed by atoms with van der Waals surface area (Å²) < 4.78 is 0.754. The van der Waals surface area contributed by atoms with Gasteiger partial charge < -0.3 is 5.11 Å². The molecule has 0 amide bonds. The molecule has 0 unspecified atom stereocenters. The zero-order chi connectivity index (χ0) is 8.27. The molecule has 11 heavy (non-hydrogen) atoms. The molecule has 3 nitrogen and oxygen atoms in total. The molecule has 0 saturated heterocycles. The molecule has 0 atom stereocenters. The molecular weight excluding hydrogens is 210 g/mol. The summed E-state index contributed by atoms with van der Waals surface area (Å²) in [5.41, 5.74) is 0.217. The summed E-state index contributed by atoms with van der Waals surface area (Å²) in [6, 6.07) is 4.62. The van der Waals surface area contributed by atoms with Crippen LogP contribution in [0.1, 0.15) is 0 Å². The summed E-state index contributed by atoms with van der Waals surface area (Å²) in [4.78, 5) is 13.1. The summed E-state index contributed by atoms with van der Waals surface area (Å²) in [6.07, 6.45) is 1.35. The lowest BCUT2D eigenvalue weighted by Gasteiger charge is -1.95. The minimum atomic E-state index is -0.0310. The Kier molecular flexibility index (Phi) is 2.41. The van der Waals surface area contributed by atoms with Crippen molar-refractivity contribution in [1.82, 2.24) is 0 Å². The van der Waals surface area contributed by atoms with Crippen molar-refractivity contribution in [2.24, 2.45) is 4.99 Å². The minimum absolute atomic E-state index is 0.0310. The second-order valence-electron chi connectivity index (χ2n) is 1.84. The van der Waals surface area contributed by atoms with Crippen LogP contribution in [-0.2, 0) is 4.79 Å². The van der Waals surface area contributed by atoms with Gasteiger partial charge in [0.25, 0.3) is 0 Å². The van der Waals surface area contributed by atoms with E-state index in [2.05, 4.69) is 20.9 Å². The third kappa shape index (κ3) is 1.90. The molecule has 0 aliphatic rings. The van der Waals surface area contributed by atoms with Gasteiger partial charge in [-0.15, -0.1) is 0 Å². The summed E-state index contributed by atoms with van der Waals surface area (Å²) >= 11 is 3.17. The van der Waals surface area contributed by atoms with Crippen LogP contribution in [0.2, 0.25) is 0 Å². The largest absolute Gasteiger partial charge is 0.506 e. The van der Waals surface area contributed by atoms with Gasteiger partial charge in [-0.25, -0.2) is 4.79 Å². The van der Waals surface area contributed by atoms with Gasteiger partial charge in [-0.3, -0.25) is 0 Å². The second kappa shape index (κ2) is 3.32. The topological polar surface area (TPSA) is 49.7 Å². The number of nitrogens with zero attached hydrogens (tertiary/aromatic N) is 1. The van der Waals surface area contributed by atoms with Crippen molar-refractivity contribution in [2.45, 2.75) is 0 Å². The van der Waals surface area contributed by atoms with E-state index >= 15 is 0 Å². The monoisotopic (exact) mass is 213 g/mol. The van der Waals surface area contributed by atoms with Gasteiger partial charge in [0.15, 0.2) is 0 Å². The first kappa shape index (κ1) is 7.98. The number of phenols is 1. The predicted molar refractivity (Wildman–Crippen MR) is 43.6 cm³/mol. The van der Waals surface area contributed by atoms with Gasteiger partial charge in [-0.05, 0) is 18.2 Å². The predicted octanol–water partition coefficient (Wildman–Crippen LogP) is 2.12. The Morgan fingerprint density at radius 2 is 2.27 bits per heavy atom. The number of hydrogen-bond donors (Lipinski definition) is 1. The number of rotatable bonds is 1. The Balaban J connectivity index is 3.22. The number of carbonyl (C=O) groups excluding carboxylic acids is 1. The van der Waals surface area contributed by atoms with Crippen LogP contribution < -0.4 is 0 Å². The Morgan fingerprint density at radius 1 is 1.55 bits per heavy atom. The molecule has 56 valence electrons. The zero-order valence-electron chi connectivity index (χ0n) is 5.41. The average molecular weight is 214 g/mol. The number of benzene rings is 1. The van der Waals surface area contributed by atoms with Crippen molar-refractivity contribution in [1.29, 1.82) is 0 Å². The van der Waals surface area contributed by atoms with E-state index in [1.807, 2.05) is 0 Å². The molecule has 1 N–H and O–H groups in total. The van der Waals surface area contributed by atoms with Gasteiger partial charge in [0.05, 0.1) is 0 Å². The Labute approximate surface area is 71.5 Å². The Hall–Kier alpha value is -1.12. The molecule has 1 rings (SSSR count). The van der Waals surface area contributed by atoms with Crippen molar-refractivity contribution in [3.05, 3.63) is 22.7 Å². The third-order valence-electron chi connectivity index (χ3n) is 1.10. The van der Waals surface area contributed by atoms with E-state index in [1.54, 1.807) is 6.07 Å². The smallest absolute Gasteiger partial charge is 0.240 e. The molecule has 0 spiro atoms. The van der Waals surface area contributed by atoms with Crippen molar-refractivity contribution in [3.63, 3.8) is 0 Å². The van der Waals surface area contributed by atoms with E-state index in [9.17, 15) is 4.79 Å². The van der Waals surface area contributed by atoms with E-state index < -0.39 is 0 Å².